The SMILES string of the molecule is Cc1ccc(F)c(N2CC(C)(C)NCC2C)c1. The fraction of sp³-hybridized carbons (Fsp3) is 0.571. The van der Waals surface area contributed by atoms with E-state index < -0.39 is 0 Å². The van der Waals surface area contributed by atoms with E-state index in [2.05, 4.69) is 31.0 Å². The quantitative estimate of drug-likeness (QED) is 0.806. The van der Waals surface area contributed by atoms with Gasteiger partial charge in [0.1, 0.15) is 5.82 Å². The van der Waals surface area contributed by atoms with Gasteiger partial charge in [0, 0.05) is 24.7 Å². The van der Waals surface area contributed by atoms with Crippen molar-refractivity contribution in [3.8, 4) is 0 Å². The van der Waals surface area contributed by atoms with E-state index in [1.165, 1.54) is 0 Å². The van der Waals surface area contributed by atoms with Gasteiger partial charge in [0.2, 0.25) is 0 Å². The molecule has 2 nitrogen and oxygen atoms in total. The second-order valence-corrected chi connectivity index (χ2v) is 5.70. The number of hydrogen-bond acceptors (Lipinski definition) is 2. The molecule has 0 saturated carbocycles. The molecule has 1 aromatic carbocycles. The van der Waals surface area contributed by atoms with Crippen LogP contribution in [0.25, 0.3) is 0 Å². The first kappa shape index (κ1) is 12.4. The lowest BCUT2D eigenvalue weighted by molar-refractivity contribution is 0.316. The van der Waals surface area contributed by atoms with Crippen molar-refractivity contribution in [1.29, 1.82) is 0 Å². The van der Waals surface area contributed by atoms with Crippen LogP contribution in [0, 0.1) is 12.7 Å². The summed E-state index contributed by atoms with van der Waals surface area (Å²) in [6, 6.07) is 5.63. The molecule has 1 heterocycles. The van der Waals surface area contributed by atoms with Crippen LogP contribution in [0.4, 0.5) is 10.1 Å². The van der Waals surface area contributed by atoms with Crippen LogP contribution in [0.2, 0.25) is 0 Å². The highest BCUT2D eigenvalue weighted by Crippen LogP contribution is 2.26. The van der Waals surface area contributed by atoms with E-state index in [-0.39, 0.29) is 11.4 Å². The number of halogens is 1. The van der Waals surface area contributed by atoms with Crippen LogP contribution in [0.5, 0.6) is 0 Å². The number of nitrogens with zero attached hydrogens (tertiary/aromatic N) is 1. The summed E-state index contributed by atoms with van der Waals surface area (Å²) < 4.78 is 13.9. The zero-order chi connectivity index (χ0) is 12.6. The standard InChI is InChI=1S/C14H21FN2/c1-10-5-6-12(15)13(7-10)17-9-14(3,4)16-8-11(17)2/h5-7,11,16H,8-9H2,1-4H3. The summed E-state index contributed by atoms with van der Waals surface area (Å²) in [5, 5.41) is 3.48. The molecular weight excluding hydrogens is 215 g/mol. The summed E-state index contributed by atoms with van der Waals surface area (Å²) >= 11 is 0. The molecule has 0 aliphatic carbocycles. The van der Waals surface area contributed by atoms with Crippen LogP contribution in [-0.2, 0) is 0 Å². The minimum atomic E-state index is -0.125. The third-order valence-corrected chi connectivity index (χ3v) is 3.38. The molecule has 0 amide bonds. The van der Waals surface area contributed by atoms with Gasteiger partial charge in [-0.2, -0.15) is 0 Å². The average molecular weight is 236 g/mol. The number of aryl methyl sites for hydroxylation is 1. The molecule has 1 atom stereocenters. The van der Waals surface area contributed by atoms with Gasteiger partial charge in [-0.15, -0.1) is 0 Å². The highest BCUT2D eigenvalue weighted by atomic mass is 19.1. The Morgan fingerprint density at radius 2 is 2.12 bits per heavy atom. The molecule has 2 rings (SSSR count). The van der Waals surface area contributed by atoms with Crippen LogP contribution in [0.1, 0.15) is 26.3 Å². The predicted molar refractivity (Wildman–Crippen MR) is 70.0 cm³/mol. The maximum Gasteiger partial charge on any atom is 0.146 e. The van der Waals surface area contributed by atoms with Gasteiger partial charge in [-0.3, -0.25) is 0 Å². The number of benzene rings is 1. The smallest absolute Gasteiger partial charge is 0.146 e. The number of hydrogen-bond donors (Lipinski definition) is 1. The van der Waals surface area contributed by atoms with Gasteiger partial charge in [-0.05, 0) is 45.4 Å². The molecule has 1 aliphatic heterocycles. The molecule has 1 aliphatic rings. The fourth-order valence-electron chi connectivity index (χ4n) is 2.34. The van der Waals surface area contributed by atoms with Crippen molar-refractivity contribution in [2.45, 2.75) is 39.3 Å². The summed E-state index contributed by atoms with van der Waals surface area (Å²) in [4.78, 5) is 2.17. The molecule has 3 heteroatoms. The summed E-state index contributed by atoms with van der Waals surface area (Å²) in [5.41, 5.74) is 1.86. The van der Waals surface area contributed by atoms with Crippen LogP contribution < -0.4 is 10.2 Å². The van der Waals surface area contributed by atoms with Gasteiger partial charge in [0.15, 0.2) is 0 Å². The fourth-order valence-corrected chi connectivity index (χ4v) is 2.34. The first-order valence-corrected chi connectivity index (χ1v) is 6.17. The Balaban J connectivity index is 2.34. The van der Waals surface area contributed by atoms with E-state index in [1.807, 2.05) is 19.1 Å². The lowest BCUT2D eigenvalue weighted by Gasteiger charge is -2.44. The van der Waals surface area contributed by atoms with Crippen molar-refractivity contribution >= 4 is 5.69 Å². The first-order chi connectivity index (χ1) is 7.89. The molecule has 0 aromatic heterocycles. The monoisotopic (exact) mass is 236 g/mol. The molecule has 1 fully saturated rings. The molecule has 17 heavy (non-hydrogen) atoms. The lowest BCUT2D eigenvalue weighted by Crippen LogP contribution is -2.61. The molecular formula is C14H21FN2. The third-order valence-electron chi connectivity index (χ3n) is 3.38. The second-order valence-electron chi connectivity index (χ2n) is 5.70. The minimum absolute atomic E-state index is 0.0305. The highest BCUT2D eigenvalue weighted by molar-refractivity contribution is 5.51. The van der Waals surface area contributed by atoms with Gasteiger partial charge in [-0.1, -0.05) is 6.07 Å². The van der Waals surface area contributed by atoms with Gasteiger partial charge < -0.3 is 10.2 Å². The van der Waals surface area contributed by atoms with E-state index in [9.17, 15) is 4.39 Å². The van der Waals surface area contributed by atoms with Crippen LogP contribution in [0.3, 0.4) is 0 Å². The maximum atomic E-state index is 13.9. The first-order valence-electron chi connectivity index (χ1n) is 6.17. The van der Waals surface area contributed by atoms with Gasteiger partial charge >= 0.3 is 0 Å². The Morgan fingerprint density at radius 1 is 1.41 bits per heavy atom. The lowest BCUT2D eigenvalue weighted by atomic mass is 9.98. The van der Waals surface area contributed by atoms with E-state index in [0.717, 1.165) is 24.3 Å². The predicted octanol–water partition coefficient (Wildman–Crippen LogP) is 2.71. The zero-order valence-electron chi connectivity index (χ0n) is 11.0. The zero-order valence-corrected chi connectivity index (χ0v) is 11.0. The highest BCUT2D eigenvalue weighted by Gasteiger charge is 2.31. The molecule has 1 saturated heterocycles. The molecule has 0 bridgehead atoms. The average Bonchev–Trinajstić information content (AvgIpc) is 2.25. The van der Waals surface area contributed by atoms with Crippen molar-refractivity contribution in [3.63, 3.8) is 0 Å². The van der Waals surface area contributed by atoms with Crippen LogP contribution in [-0.4, -0.2) is 24.7 Å². The van der Waals surface area contributed by atoms with Gasteiger partial charge in [-0.25, -0.2) is 4.39 Å². The molecule has 1 N–H and O–H groups in total. The minimum Gasteiger partial charge on any atom is -0.363 e. The van der Waals surface area contributed by atoms with Crippen molar-refractivity contribution in [2.75, 3.05) is 18.0 Å². The molecule has 0 spiro atoms. The van der Waals surface area contributed by atoms with Gasteiger partial charge in [0.05, 0.1) is 5.69 Å². The van der Waals surface area contributed by atoms with Crippen molar-refractivity contribution in [1.82, 2.24) is 5.32 Å². The normalized spacial score (nSPS) is 23.8. The Bertz CT molecular complexity index is 415. The second kappa shape index (κ2) is 4.30. The van der Waals surface area contributed by atoms with E-state index >= 15 is 0 Å². The summed E-state index contributed by atoms with van der Waals surface area (Å²) in [6.07, 6.45) is 0. The molecule has 94 valence electrons. The Hall–Kier alpha value is -1.09. The van der Waals surface area contributed by atoms with E-state index in [0.29, 0.717) is 6.04 Å². The summed E-state index contributed by atoms with van der Waals surface area (Å²) in [6.45, 7) is 10.2. The third kappa shape index (κ3) is 2.60. The van der Waals surface area contributed by atoms with Gasteiger partial charge in [0.25, 0.3) is 0 Å². The molecule has 0 radical (unpaired) electrons. The Morgan fingerprint density at radius 3 is 2.82 bits per heavy atom. The van der Waals surface area contributed by atoms with Crippen molar-refractivity contribution < 1.29 is 4.39 Å². The van der Waals surface area contributed by atoms with Crippen LogP contribution in [0.15, 0.2) is 18.2 Å². The van der Waals surface area contributed by atoms with E-state index in [1.54, 1.807) is 6.07 Å². The number of nitrogens with one attached hydrogen (secondary N) is 1. The number of rotatable bonds is 1. The van der Waals surface area contributed by atoms with Crippen molar-refractivity contribution in [3.05, 3.63) is 29.6 Å². The topological polar surface area (TPSA) is 15.3 Å². The van der Waals surface area contributed by atoms with E-state index in [4.69, 9.17) is 0 Å². The molecule has 1 aromatic rings. The Labute approximate surface area is 103 Å². The summed E-state index contributed by atoms with van der Waals surface area (Å²) in [7, 11) is 0. The van der Waals surface area contributed by atoms with Crippen LogP contribution >= 0.6 is 0 Å². The molecule has 1 unspecified atom stereocenters. The largest absolute Gasteiger partial charge is 0.363 e. The maximum absolute atomic E-state index is 13.9. The summed E-state index contributed by atoms with van der Waals surface area (Å²) in [5.74, 6) is -0.125. The Kier molecular flexibility index (Phi) is 3.13. The van der Waals surface area contributed by atoms with Crippen molar-refractivity contribution in [2.24, 2.45) is 0 Å². The number of piperazine rings is 1. The number of anilines is 1.